The maximum absolute atomic E-state index is 9.27. The van der Waals surface area contributed by atoms with E-state index >= 15 is 0 Å². The molecule has 10 heavy (non-hydrogen) atoms. The van der Waals surface area contributed by atoms with Gasteiger partial charge in [0.25, 0.3) is 0 Å². The van der Waals surface area contributed by atoms with Crippen molar-refractivity contribution in [2.45, 2.75) is 25.0 Å². The SMILES string of the molecule is C=C1C[C@H](O)[C@@](C)(CO)O1. The average molecular weight is 144 g/mol. The molecule has 0 aromatic heterocycles. The van der Waals surface area contributed by atoms with Crippen molar-refractivity contribution in [3.05, 3.63) is 12.3 Å². The minimum atomic E-state index is -0.822. The summed E-state index contributed by atoms with van der Waals surface area (Å²) in [5, 5.41) is 18.1. The molecule has 0 aliphatic carbocycles. The van der Waals surface area contributed by atoms with Gasteiger partial charge in [-0.25, -0.2) is 0 Å². The van der Waals surface area contributed by atoms with E-state index in [-0.39, 0.29) is 6.61 Å². The highest BCUT2D eigenvalue weighted by Crippen LogP contribution is 2.31. The fourth-order valence-corrected chi connectivity index (χ4v) is 1.01. The Morgan fingerprint density at radius 1 is 1.90 bits per heavy atom. The van der Waals surface area contributed by atoms with Crippen LogP contribution < -0.4 is 0 Å². The van der Waals surface area contributed by atoms with Crippen LogP contribution in [0.2, 0.25) is 0 Å². The summed E-state index contributed by atoms with van der Waals surface area (Å²) in [5.74, 6) is 0.545. The number of hydrogen-bond donors (Lipinski definition) is 2. The quantitative estimate of drug-likeness (QED) is 0.546. The molecule has 1 saturated heterocycles. The number of aliphatic hydroxyl groups is 2. The van der Waals surface area contributed by atoms with Crippen LogP contribution in [0.15, 0.2) is 12.3 Å². The third kappa shape index (κ3) is 1.02. The molecular formula is C7H12O3. The van der Waals surface area contributed by atoms with Gasteiger partial charge in [-0.1, -0.05) is 6.58 Å². The molecule has 1 fully saturated rings. The summed E-state index contributed by atoms with van der Waals surface area (Å²) >= 11 is 0. The van der Waals surface area contributed by atoms with Crippen LogP contribution in [0, 0.1) is 0 Å². The molecule has 0 bridgehead atoms. The molecule has 0 unspecified atom stereocenters. The topological polar surface area (TPSA) is 49.7 Å². The summed E-state index contributed by atoms with van der Waals surface area (Å²) in [6, 6.07) is 0. The van der Waals surface area contributed by atoms with Crippen molar-refractivity contribution in [3.8, 4) is 0 Å². The van der Waals surface area contributed by atoms with Crippen LogP contribution in [0.25, 0.3) is 0 Å². The molecule has 0 saturated carbocycles. The minimum absolute atomic E-state index is 0.173. The van der Waals surface area contributed by atoms with E-state index in [0.717, 1.165) is 0 Å². The Hall–Kier alpha value is -0.540. The summed E-state index contributed by atoms with van der Waals surface area (Å²) in [4.78, 5) is 0. The van der Waals surface area contributed by atoms with Gasteiger partial charge in [-0.15, -0.1) is 0 Å². The second-order valence-corrected chi connectivity index (χ2v) is 2.83. The van der Waals surface area contributed by atoms with Gasteiger partial charge in [-0.05, 0) is 6.92 Å². The number of rotatable bonds is 1. The van der Waals surface area contributed by atoms with E-state index in [2.05, 4.69) is 6.58 Å². The normalized spacial score (nSPS) is 39.9. The van der Waals surface area contributed by atoms with Crippen LogP contribution in [-0.4, -0.2) is 28.5 Å². The third-order valence-corrected chi connectivity index (χ3v) is 1.82. The third-order valence-electron chi connectivity index (χ3n) is 1.82. The van der Waals surface area contributed by atoms with Gasteiger partial charge >= 0.3 is 0 Å². The largest absolute Gasteiger partial charge is 0.487 e. The molecule has 3 nitrogen and oxygen atoms in total. The van der Waals surface area contributed by atoms with Crippen molar-refractivity contribution in [2.75, 3.05) is 6.61 Å². The first-order chi connectivity index (χ1) is 4.58. The molecule has 2 N–H and O–H groups in total. The Kier molecular flexibility index (Phi) is 1.70. The van der Waals surface area contributed by atoms with Crippen molar-refractivity contribution in [3.63, 3.8) is 0 Å². The molecule has 1 aliphatic rings. The summed E-state index contributed by atoms with van der Waals surface area (Å²) in [7, 11) is 0. The van der Waals surface area contributed by atoms with Crippen molar-refractivity contribution < 1.29 is 14.9 Å². The molecule has 3 heteroatoms. The first-order valence-electron chi connectivity index (χ1n) is 3.24. The summed E-state index contributed by atoms with van der Waals surface area (Å²) in [6.07, 6.45) is -0.193. The predicted octanol–water partition coefficient (Wildman–Crippen LogP) is 0.0323. The van der Waals surface area contributed by atoms with Gasteiger partial charge in [0.05, 0.1) is 12.4 Å². The van der Waals surface area contributed by atoms with E-state index in [1.165, 1.54) is 0 Å². The highest BCUT2D eigenvalue weighted by atomic mass is 16.5. The van der Waals surface area contributed by atoms with Gasteiger partial charge in [-0.3, -0.25) is 0 Å². The number of hydrogen-bond acceptors (Lipinski definition) is 3. The second-order valence-electron chi connectivity index (χ2n) is 2.83. The summed E-state index contributed by atoms with van der Waals surface area (Å²) in [6.45, 7) is 5.04. The average Bonchev–Trinajstić information content (AvgIpc) is 2.09. The van der Waals surface area contributed by atoms with Gasteiger partial charge in [0.15, 0.2) is 5.60 Å². The molecule has 2 atom stereocenters. The zero-order valence-corrected chi connectivity index (χ0v) is 6.00. The van der Waals surface area contributed by atoms with E-state index in [9.17, 15) is 5.11 Å². The van der Waals surface area contributed by atoms with E-state index in [1.807, 2.05) is 0 Å². The second kappa shape index (κ2) is 2.25. The highest BCUT2D eigenvalue weighted by molar-refractivity contribution is 5.03. The van der Waals surface area contributed by atoms with Crippen molar-refractivity contribution in [2.24, 2.45) is 0 Å². The Bertz CT molecular complexity index is 155. The summed E-state index contributed by atoms with van der Waals surface area (Å²) < 4.78 is 5.12. The molecule has 1 rings (SSSR count). The fourth-order valence-electron chi connectivity index (χ4n) is 1.01. The van der Waals surface area contributed by atoms with Crippen LogP contribution in [0.5, 0.6) is 0 Å². The van der Waals surface area contributed by atoms with Gasteiger partial charge < -0.3 is 14.9 Å². The van der Waals surface area contributed by atoms with Gasteiger partial charge in [-0.2, -0.15) is 0 Å². The molecule has 0 aromatic rings. The molecule has 1 aliphatic heterocycles. The lowest BCUT2D eigenvalue weighted by atomic mass is 10.0. The van der Waals surface area contributed by atoms with Crippen LogP contribution >= 0.6 is 0 Å². The van der Waals surface area contributed by atoms with Gasteiger partial charge in [0.2, 0.25) is 0 Å². The van der Waals surface area contributed by atoms with E-state index in [4.69, 9.17) is 9.84 Å². The molecular weight excluding hydrogens is 132 g/mol. The minimum Gasteiger partial charge on any atom is -0.487 e. The Labute approximate surface area is 59.9 Å². The number of aliphatic hydroxyl groups excluding tert-OH is 2. The highest BCUT2D eigenvalue weighted by Gasteiger charge is 2.41. The molecule has 58 valence electrons. The number of ether oxygens (including phenoxy) is 1. The lowest BCUT2D eigenvalue weighted by Gasteiger charge is -2.23. The van der Waals surface area contributed by atoms with Crippen molar-refractivity contribution >= 4 is 0 Å². The van der Waals surface area contributed by atoms with Crippen LogP contribution in [0.4, 0.5) is 0 Å². The molecule has 0 aromatic carbocycles. The van der Waals surface area contributed by atoms with Crippen LogP contribution in [-0.2, 0) is 4.74 Å². The Morgan fingerprint density at radius 2 is 2.50 bits per heavy atom. The fraction of sp³-hybridized carbons (Fsp3) is 0.714. The summed E-state index contributed by atoms with van der Waals surface area (Å²) in [5.41, 5.74) is -0.822. The molecule has 1 heterocycles. The van der Waals surface area contributed by atoms with Gasteiger partial charge in [0, 0.05) is 6.42 Å². The first kappa shape index (κ1) is 7.57. The molecule has 0 amide bonds. The van der Waals surface area contributed by atoms with Gasteiger partial charge in [0.1, 0.15) is 6.10 Å². The van der Waals surface area contributed by atoms with E-state index in [0.29, 0.717) is 12.2 Å². The molecule has 0 spiro atoms. The zero-order chi connectivity index (χ0) is 7.78. The molecule has 0 radical (unpaired) electrons. The van der Waals surface area contributed by atoms with E-state index in [1.54, 1.807) is 6.92 Å². The van der Waals surface area contributed by atoms with Crippen LogP contribution in [0.1, 0.15) is 13.3 Å². The maximum Gasteiger partial charge on any atom is 0.155 e. The lowest BCUT2D eigenvalue weighted by molar-refractivity contribution is -0.0617. The van der Waals surface area contributed by atoms with Crippen LogP contribution in [0.3, 0.4) is 0 Å². The Morgan fingerprint density at radius 3 is 2.70 bits per heavy atom. The smallest absolute Gasteiger partial charge is 0.155 e. The maximum atomic E-state index is 9.27. The van der Waals surface area contributed by atoms with E-state index < -0.39 is 11.7 Å². The Balaban J connectivity index is 2.70. The standard InChI is InChI=1S/C7H12O3/c1-5-3-6(9)7(2,4-8)10-5/h6,8-9H,1,3-4H2,2H3/t6-,7+/m0/s1. The predicted molar refractivity (Wildman–Crippen MR) is 36.3 cm³/mol. The van der Waals surface area contributed by atoms with Crippen molar-refractivity contribution in [1.82, 2.24) is 0 Å². The monoisotopic (exact) mass is 144 g/mol. The zero-order valence-electron chi connectivity index (χ0n) is 6.00. The van der Waals surface area contributed by atoms with Crippen molar-refractivity contribution in [1.29, 1.82) is 0 Å². The first-order valence-corrected chi connectivity index (χ1v) is 3.24. The lowest BCUT2D eigenvalue weighted by Crippen LogP contribution is -2.39.